The second-order valence-corrected chi connectivity index (χ2v) is 8.79. The molecule has 4 atom stereocenters. The molecule has 0 unspecified atom stereocenters. The number of hydrogen-bond acceptors (Lipinski definition) is 12. The van der Waals surface area contributed by atoms with E-state index in [-0.39, 0.29) is 11.4 Å². The largest absolute Gasteiger partial charge is 0.681 e. The molecule has 0 aliphatic carbocycles. The fraction of sp³-hybridized carbons (Fsp3) is 0.615. The molecule has 0 aromatic carbocycles. The second kappa shape index (κ2) is 17.5. The highest BCUT2D eigenvalue weighted by atomic mass is 16.6. The Morgan fingerprint density at radius 2 is 0.775 bits per heavy atom. The monoisotopic (exact) mass is 570 g/mol. The third kappa shape index (κ3) is 12.6. The fourth-order valence-electron chi connectivity index (χ4n) is 3.40. The van der Waals surface area contributed by atoms with Crippen LogP contribution in [-0.4, -0.2) is 87.5 Å². The van der Waals surface area contributed by atoms with Gasteiger partial charge in [-0.25, -0.2) is 9.59 Å². The van der Waals surface area contributed by atoms with Crippen LogP contribution < -0.4 is 0 Å². The number of hydrogen-bond donors (Lipinski definition) is 0. The predicted molar refractivity (Wildman–Crippen MR) is 139 cm³/mol. The van der Waals surface area contributed by atoms with Crippen LogP contribution in [0.3, 0.4) is 0 Å². The fourth-order valence-corrected chi connectivity index (χ4v) is 3.40. The van der Waals surface area contributed by atoms with Gasteiger partial charge in [0.1, 0.15) is 13.2 Å². The lowest BCUT2D eigenvalue weighted by Crippen LogP contribution is -2.54. The maximum absolute atomic E-state index is 12.6. The predicted octanol–water partition coefficient (Wildman–Crippen LogP) is 2.39. The number of carbonyl (C=O) groups is 6. The maximum Gasteiger partial charge on any atom is 0.315 e. The first-order valence-corrected chi connectivity index (χ1v) is 12.1. The molecule has 0 amide bonds. The van der Waals surface area contributed by atoms with Crippen molar-refractivity contribution in [1.29, 1.82) is 0 Å². The van der Waals surface area contributed by atoms with E-state index < -0.39 is 73.4 Å². The molecule has 0 radical (unpaired) electrons. The zero-order chi connectivity index (χ0) is 31.2. The number of rotatable bonds is 15. The van der Waals surface area contributed by atoms with E-state index in [0.717, 1.165) is 27.7 Å². The van der Waals surface area contributed by atoms with Gasteiger partial charge in [0.2, 0.25) is 0 Å². The molecule has 0 rings (SSSR count). The number of carbonyl (C=O) groups excluding carboxylic acids is 6. The average molecular weight is 571 g/mol. The van der Waals surface area contributed by atoms with Gasteiger partial charge in [-0.1, -0.05) is 22.5 Å². The normalized spacial score (nSPS) is 13.2. The van der Waals surface area contributed by atoms with Gasteiger partial charge in [-0.3, -0.25) is 19.2 Å². The zero-order valence-electron chi connectivity index (χ0n) is 24.5. The van der Waals surface area contributed by atoms with Crippen LogP contribution in [0.25, 0.3) is 10.6 Å². The molecule has 0 bridgehead atoms. The highest BCUT2D eigenvalue weighted by Gasteiger charge is 2.44. The number of allylic oxidation sites excluding steroid dienone is 2. The Morgan fingerprint density at radius 3 is 0.975 bits per heavy atom. The van der Waals surface area contributed by atoms with Gasteiger partial charge in [-0.05, 0) is 27.7 Å². The number of nitrogens with zero attached hydrogens (tertiary/aromatic N) is 2. The van der Waals surface area contributed by atoms with Crippen LogP contribution >= 0.6 is 0 Å². The Labute approximate surface area is 233 Å². The van der Waals surface area contributed by atoms with Gasteiger partial charge < -0.3 is 39.1 Å². The third-order valence-electron chi connectivity index (χ3n) is 4.83. The molecular formula is C26H38N2O12-2. The van der Waals surface area contributed by atoms with Crippen LogP contribution in [0.4, 0.5) is 0 Å². The number of likely N-dealkylation sites (N-methyl/N-ethyl adjacent to an activating group) is 2. The summed E-state index contributed by atoms with van der Waals surface area (Å²) in [6, 6.07) is 0. The molecule has 0 aliphatic rings. The van der Waals surface area contributed by atoms with Gasteiger partial charge in [0.15, 0.2) is 24.4 Å². The van der Waals surface area contributed by atoms with E-state index in [9.17, 15) is 28.8 Å². The quantitative estimate of drug-likeness (QED) is 0.159. The van der Waals surface area contributed by atoms with Crippen molar-refractivity contribution in [3.63, 3.8) is 0 Å². The van der Waals surface area contributed by atoms with Crippen LogP contribution in [0, 0.1) is 0 Å². The minimum Gasteiger partial charge on any atom is -0.681 e. The molecule has 0 aliphatic heterocycles. The standard InChI is InChI=1S/C26H38N2O12/c1-13(2)21(27-9)25(33)35-11-19(37-15(5)29)23(39-17(7)31)24(40-18(8)32)20(38-16(6)30)12-36-26(34)22(28-10)14(3)4/h19-20,23-24H,11-12H2,1-10H3/q-2/t19-,20-,23-,24-/m1/s1. The molecule has 0 aromatic heterocycles. The van der Waals surface area contributed by atoms with Crippen molar-refractivity contribution in [2.75, 3.05) is 27.3 Å². The van der Waals surface area contributed by atoms with Crippen molar-refractivity contribution in [3.05, 3.63) is 33.2 Å². The number of ether oxygens (including phenoxy) is 6. The lowest BCUT2D eigenvalue weighted by atomic mass is 10.0. The van der Waals surface area contributed by atoms with Crippen LogP contribution in [0.1, 0.15) is 55.4 Å². The second-order valence-electron chi connectivity index (χ2n) is 8.79. The van der Waals surface area contributed by atoms with Crippen LogP contribution in [-0.2, 0) is 57.2 Å². The molecule has 0 N–H and O–H groups in total. The van der Waals surface area contributed by atoms with E-state index in [2.05, 4.69) is 10.6 Å². The summed E-state index contributed by atoms with van der Waals surface area (Å²) in [4.78, 5) is 73.2. The molecule has 0 fully saturated rings. The Hall–Kier alpha value is -4.10. The summed E-state index contributed by atoms with van der Waals surface area (Å²) in [6.45, 7) is 9.30. The summed E-state index contributed by atoms with van der Waals surface area (Å²) in [7, 11) is 2.76. The van der Waals surface area contributed by atoms with E-state index in [4.69, 9.17) is 28.4 Å². The van der Waals surface area contributed by atoms with E-state index in [1.165, 1.54) is 14.1 Å². The van der Waals surface area contributed by atoms with Crippen molar-refractivity contribution in [3.8, 4) is 0 Å². The highest BCUT2D eigenvalue weighted by Crippen LogP contribution is 2.22. The summed E-state index contributed by atoms with van der Waals surface area (Å²) in [5.74, 6) is -5.28. The smallest absolute Gasteiger partial charge is 0.315 e. The summed E-state index contributed by atoms with van der Waals surface area (Å²) >= 11 is 0. The van der Waals surface area contributed by atoms with Gasteiger partial charge in [-0.2, -0.15) is 0 Å². The first-order valence-electron chi connectivity index (χ1n) is 12.1. The van der Waals surface area contributed by atoms with Gasteiger partial charge in [-0.15, -0.1) is 14.1 Å². The first kappa shape index (κ1) is 35.9. The van der Waals surface area contributed by atoms with Gasteiger partial charge in [0, 0.05) is 27.7 Å². The number of esters is 6. The highest BCUT2D eigenvalue weighted by molar-refractivity contribution is 5.92. The molecule has 0 saturated carbocycles. The van der Waals surface area contributed by atoms with Crippen molar-refractivity contribution < 1.29 is 57.2 Å². The average Bonchev–Trinajstić information content (AvgIpc) is 2.81. The molecular weight excluding hydrogens is 532 g/mol. The Balaban J connectivity index is 6.60. The summed E-state index contributed by atoms with van der Waals surface area (Å²) < 4.78 is 31.7. The zero-order valence-corrected chi connectivity index (χ0v) is 24.5. The van der Waals surface area contributed by atoms with Crippen molar-refractivity contribution in [1.82, 2.24) is 0 Å². The molecule has 0 heterocycles. The van der Waals surface area contributed by atoms with E-state index in [1.54, 1.807) is 27.7 Å². The van der Waals surface area contributed by atoms with E-state index in [1.807, 2.05) is 0 Å². The molecule has 0 saturated heterocycles. The summed E-state index contributed by atoms with van der Waals surface area (Å²) in [5, 5.41) is 7.71. The third-order valence-corrected chi connectivity index (χ3v) is 4.83. The van der Waals surface area contributed by atoms with Crippen LogP contribution in [0.2, 0.25) is 0 Å². The van der Waals surface area contributed by atoms with Crippen molar-refractivity contribution >= 4 is 35.8 Å². The van der Waals surface area contributed by atoms with Gasteiger partial charge in [0.05, 0.1) is 0 Å². The molecule has 14 heteroatoms. The first-order chi connectivity index (χ1) is 18.5. The molecule has 226 valence electrons. The molecule has 0 spiro atoms. The van der Waals surface area contributed by atoms with Gasteiger partial charge >= 0.3 is 35.8 Å². The summed E-state index contributed by atoms with van der Waals surface area (Å²) in [6.07, 6.45) is -6.49. The lowest BCUT2D eigenvalue weighted by molar-refractivity contribution is -0.206. The minimum atomic E-state index is -1.69. The molecule has 40 heavy (non-hydrogen) atoms. The SMILES string of the molecule is C[N-]C(C(=O)OC[C@@H](OC(C)=O)[C@@H](OC(C)=O)[C@H](OC(C)=O)[C@@H](COC(=O)C([N-]C)=C(C)C)OC(C)=O)=C(C)C. The topological polar surface area (TPSA) is 186 Å². The Kier molecular flexibility index (Phi) is 15.7. The van der Waals surface area contributed by atoms with Gasteiger partial charge in [0.25, 0.3) is 0 Å². The van der Waals surface area contributed by atoms with Crippen molar-refractivity contribution in [2.45, 2.75) is 79.8 Å². The Bertz CT molecular complexity index is 929. The Morgan fingerprint density at radius 1 is 0.500 bits per heavy atom. The minimum absolute atomic E-state index is 0.00302. The molecule has 0 aromatic rings. The van der Waals surface area contributed by atoms with E-state index in [0.29, 0.717) is 11.1 Å². The van der Waals surface area contributed by atoms with Crippen LogP contribution in [0.15, 0.2) is 22.5 Å². The maximum atomic E-state index is 12.6. The van der Waals surface area contributed by atoms with Crippen LogP contribution in [0.5, 0.6) is 0 Å². The summed E-state index contributed by atoms with van der Waals surface area (Å²) in [5.41, 5.74) is 1.08. The van der Waals surface area contributed by atoms with Crippen molar-refractivity contribution in [2.24, 2.45) is 0 Å². The molecule has 14 nitrogen and oxygen atoms in total. The lowest BCUT2D eigenvalue weighted by Gasteiger charge is -2.35. The van der Waals surface area contributed by atoms with E-state index >= 15 is 0 Å².